The Bertz CT molecular complexity index is 1230. The molecule has 0 aliphatic carbocycles. The Hall–Kier alpha value is -3.60. The maximum absolute atomic E-state index is 15.1. The first-order valence-electron chi connectivity index (χ1n) is 11.6. The molecule has 0 unspecified atom stereocenters. The van der Waals surface area contributed by atoms with Crippen molar-refractivity contribution >= 4 is 23.2 Å². The van der Waals surface area contributed by atoms with E-state index >= 15 is 4.39 Å². The number of allylic oxidation sites excluding steroid dienone is 1. The number of para-hydroxylation sites is 2. The molecule has 0 N–H and O–H groups in total. The van der Waals surface area contributed by atoms with Gasteiger partial charge in [0.15, 0.2) is 11.5 Å². The van der Waals surface area contributed by atoms with Crippen molar-refractivity contribution < 1.29 is 13.9 Å². The average Bonchev–Trinajstić information content (AvgIpc) is 2.81. The van der Waals surface area contributed by atoms with Gasteiger partial charge in [0.05, 0.1) is 18.3 Å². The highest BCUT2D eigenvalue weighted by Crippen LogP contribution is 2.40. The summed E-state index contributed by atoms with van der Waals surface area (Å²) in [6.07, 6.45) is 4.84. The molecule has 3 aromatic carbocycles. The van der Waals surface area contributed by atoms with E-state index in [1.807, 2.05) is 54.6 Å². The molecule has 4 nitrogen and oxygen atoms in total. The minimum atomic E-state index is -0.273. The van der Waals surface area contributed by atoms with E-state index in [4.69, 9.17) is 9.47 Å². The number of aliphatic imine (C=N–C) groups is 1. The van der Waals surface area contributed by atoms with Crippen molar-refractivity contribution in [3.8, 4) is 17.2 Å². The van der Waals surface area contributed by atoms with Crippen LogP contribution in [-0.2, 0) is 0 Å². The molecule has 4 rings (SSSR count). The van der Waals surface area contributed by atoms with Crippen molar-refractivity contribution in [1.29, 1.82) is 0 Å². The summed E-state index contributed by atoms with van der Waals surface area (Å²) in [5.41, 5.74) is 4.18. The van der Waals surface area contributed by atoms with Gasteiger partial charge in [-0.3, -0.25) is 4.99 Å². The van der Waals surface area contributed by atoms with Crippen molar-refractivity contribution in [3.63, 3.8) is 0 Å². The third kappa shape index (κ3) is 4.84. The smallest absolute Gasteiger partial charge is 0.169 e. The van der Waals surface area contributed by atoms with Gasteiger partial charge in [0.1, 0.15) is 11.6 Å². The van der Waals surface area contributed by atoms with Gasteiger partial charge in [-0.25, -0.2) is 4.39 Å². The summed E-state index contributed by atoms with van der Waals surface area (Å²) < 4.78 is 26.3. The lowest BCUT2D eigenvalue weighted by Gasteiger charge is -2.43. The van der Waals surface area contributed by atoms with Crippen LogP contribution in [0.5, 0.6) is 17.2 Å². The summed E-state index contributed by atoms with van der Waals surface area (Å²) in [7, 11) is 1.61. The van der Waals surface area contributed by atoms with Crippen LogP contribution in [-0.4, -0.2) is 25.4 Å². The number of hydrogen-bond donors (Lipinski definition) is 0. The average molecular weight is 459 g/mol. The Labute approximate surface area is 201 Å². The summed E-state index contributed by atoms with van der Waals surface area (Å²) in [6, 6.07) is 18.4. The fraction of sp³-hybridized carbons (Fsp3) is 0.276. The van der Waals surface area contributed by atoms with E-state index in [9.17, 15) is 0 Å². The van der Waals surface area contributed by atoms with Gasteiger partial charge >= 0.3 is 0 Å². The van der Waals surface area contributed by atoms with E-state index in [-0.39, 0.29) is 11.4 Å². The summed E-state index contributed by atoms with van der Waals surface area (Å²) in [4.78, 5) is 6.78. The Balaban J connectivity index is 1.56. The van der Waals surface area contributed by atoms with Gasteiger partial charge in [-0.1, -0.05) is 25.1 Å². The summed E-state index contributed by atoms with van der Waals surface area (Å²) in [5.74, 6) is 1.70. The van der Waals surface area contributed by atoms with Crippen LogP contribution in [0.25, 0.3) is 5.57 Å². The molecule has 0 spiro atoms. The van der Waals surface area contributed by atoms with Gasteiger partial charge in [0.2, 0.25) is 0 Å². The predicted octanol–water partition coefficient (Wildman–Crippen LogP) is 7.79. The number of rotatable bonds is 7. The molecule has 0 atom stereocenters. The number of halogens is 1. The SMILES string of the molecule is CCCN1c2cc(F)c(C=Nc3ccc(Oc4ccccc4OC)cc3)cc2C(C)=CC1(C)C. The van der Waals surface area contributed by atoms with Crippen molar-refractivity contribution in [2.45, 2.75) is 39.7 Å². The van der Waals surface area contributed by atoms with Crippen LogP contribution in [0.15, 0.2) is 71.7 Å². The van der Waals surface area contributed by atoms with Crippen molar-refractivity contribution in [1.82, 2.24) is 0 Å². The zero-order chi connectivity index (χ0) is 24.3. The number of anilines is 1. The number of fused-ring (bicyclic) bond motifs is 1. The van der Waals surface area contributed by atoms with Crippen LogP contribution in [0, 0.1) is 5.82 Å². The lowest BCUT2D eigenvalue weighted by Crippen LogP contribution is -2.45. The first-order valence-corrected chi connectivity index (χ1v) is 11.6. The van der Waals surface area contributed by atoms with Crippen LogP contribution in [0.4, 0.5) is 15.8 Å². The Morgan fingerprint density at radius 1 is 1.03 bits per heavy atom. The maximum Gasteiger partial charge on any atom is 0.169 e. The molecule has 0 saturated carbocycles. The lowest BCUT2D eigenvalue weighted by molar-refractivity contribution is 0.379. The lowest BCUT2D eigenvalue weighted by atomic mass is 9.87. The van der Waals surface area contributed by atoms with Crippen LogP contribution < -0.4 is 14.4 Å². The van der Waals surface area contributed by atoms with Crippen LogP contribution in [0.1, 0.15) is 45.2 Å². The molecule has 0 bridgehead atoms. The van der Waals surface area contributed by atoms with Gasteiger partial charge < -0.3 is 14.4 Å². The number of ether oxygens (including phenoxy) is 2. The molecule has 1 aliphatic heterocycles. The Kier molecular flexibility index (Phi) is 6.73. The first kappa shape index (κ1) is 23.6. The minimum Gasteiger partial charge on any atom is -0.493 e. The normalized spacial score (nSPS) is 14.6. The zero-order valence-corrected chi connectivity index (χ0v) is 20.4. The second-order valence-electron chi connectivity index (χ2n) is 9.03. The molecule has 0 aromatic heterocycles. The van der Waals surface area contributed by atoms with E-state index in [0.29, 0.717) is 28.5 Å². The van der Waals surface area contributed by atoms with Crippen molar-refractivity contribution in [2.24, 2.45) is 4.99 Å². The molecule has 0 saturated heterocycles. The molecule has 3 aromatic rings. The number of methoxy groups -OCH3 is 1. The van der Waals surface area contributed by atoms with Gasteiger partial charge in [0, 0.05) is 29.6 Å². The molecule has 0 fully saturated rings. The van der Waals surface area contributed by atoms with Crippen LogP contribution in [0.2, 0.25) is 0 Å². The quantitative estimate of drug-likeness (QED) is 0.339. The number of nitrogens with zero attached hydrogens (tertiary/aromatic N) is 2. The molecule has 1 aliphatic rings. The Morgan fingerprint density at radius 2 is 1.74 bits per heavy atom. The topological polar surface area (TPSA) is 34.1 Å². The van der Waals surface area contributed by atoms with E-state index in [1.165, 1.54) is 0 Å². The molecule has 5 heteroatoms. The summed E-state index contributed by atoms with van der Waals surface area (Å²) in [5, 5.41) is 0. The van der Waals surface area contributed by atoms with E-state index in [1.54, 1.807) is 19.4 Å². The standard InChI is InChI=1S/C29H31FN2O2/c1-6-15-32-26-17-25(30)21(16-24(26)20(2)18-29(32,3)4)19-31-22-11-13-23(14-12-22)34-28-10-8-7-9-27(28)33-5/h7-14,16-19H,6,15H2,1-5H3. The molecule has 0 amide bonds. The van der Waals surface area contributed by atoms with Gasteiger partial charge in [-0.15, -0.1) is 0 Å². The monoisotopic (exact) mass is 458 g/mol. The van der Waals surface area contributed by atoms with Gasteiger partial charge in [-0.05, 0) is 81.3 Å². The predicted molar refractivity (Wildman–Crippen MR) is 139 cm³/mol. The fourth-order valence-corrected chi connectivity index (χ4v) is 4.42. The second kappa shape index (κ2) is 9.72. The number of hydrogen-bond acceptors (Lipinski definition) is 4. The van der Waals surface area contributed by atoms with E-state index in [0.717, 1.165) is 29.8 Å². The van der Waals surface area contributed by atoms with Gasteiger partial charge in [-0.2, -0.15) is 0 Å². The summed E-state index contributed by atoms with van der Waals surface area (Å²) >= 11 is 0. The van der Waals surface area contributed by atoms with Crippen molar-refractivity contribution in [3.05, 3.63) is 83.7 Å². The highest BCUT2D eigenvalue weighted by molar-refractivity contribution is 5.89. The molecule has 1 heterocycles. The number of benzene rings is 3. The van der Waals surface area contributed by atoms with E-state index in [2.05, 4.69) is 43.7 Å². The van der Waals surface area contributed by atoms with E-state index < -0.39 is 0 Å². The van der Waals surface area contributed by atoms with Crippen LogP contribution in [0.3, 0.4) is 0 Å². The highest BCUT2D eigenvalue weighted by Gasteiger charge is 2.31. The second-order valence-corrected chi connectivity index (χ2v) is 9.03. The zero-order valence-electron chi connectivity index (χ0n) is 20.4. The Morgan fingerprint density at radius 3 is 2.41 bits per heavy atom. The molecule has 34 heavy (non-hydrogen) atoms. The molecule has 176 valence electrons. The fourth-order valence-electron chi connectivity index (χ4n) is 4.42. The minimum absolute atomic E-state index is 0.150. The summed E-state index contributed by atoms with van der Waals surface area (Å²) in [6.45, 7) is 9.45. The molecular weight excluding hydrogens is 427 g/mol. The van der Waals surface area contributed by atoms with Gasteiger partial charge in [0.25, 0.3) is 0 Å². The largest absolute Gasteiger partial charge is 0.493 e. The van der Waals surface area contributed by atoms with Crippen LogP contribution >= 0.6 is 0 Å². The third-order valence-corrected chi connectivity index (χ3v) is 6.03. The van der Waals surface area contributed by atoms with Crippen molar-refractivity contribution in [2.75, 3.05) is 18.6 Å². The molecular formula is C29H31FN2O2. The molecule has 0 radical (unpaired) electrons. The third-order valence-electron chi connectivity index (χ3n) is 6.03. The highest BCUT2D eigenvalue weighted by atomic mass is 19.1. The first-order chi connectivity index (χ1) is 16.3. The maximum atomic E-state index is 15.1.